The van der Waals surface area contributed by atoms with Crippen molar-refractivity contribution in [3.63, 3.8) is 0 Å². The number of rotatable bonds is 6. The third kappa shape index (κ3) is 3.86. The fourth-order valence-corrected chi connectivity index (χ4v) is 5.01. The summed E-state index contributed by atoms with van der Waals surface area (Å²) >= 11 is 1.54. The molecule has 0 aliphatic rings. The number of aromatic amines is 1. The van der Waals surface area contributed by atoms with E-state index in [1.165, 1.54) is 6.20 Å². The van der Waals surface area contributed by atoms with E-state index in [1.54, 1.807) is 45.3 Å². The molecular weight excluding hydrogens is 446 g/mol. The predicted octanol–water partition coefficient (Wildman–Crippen LogP) is 4.20. The molecule has 0 aliphatic carbocycles. The highest BCUT2D eigenvalue weighted by Crippen LogP contribution is 2.34. The number of nitrogens with two attached hydrogens (primary N) is 1. The highest BCUT2D eigenvalue weighted by molar-refractivity contribution is 7.17. The summed E-state index contributed by atoms with van der Waals surface area (Å²) in [7, 11) is 1.87. The summed E-state index contributed by atoms with van der Waals surface area (Å²) in [4.78, 5) is 26.2. The first kappa shape index (κ1) is 21.6. The molecule has 9 heteroatoms. The molecule has 0 saturated carbocycles. The van der Waals surface area contributed by atoms with Crippen molar-refractivity contribution in [3.8, 4) is 16.8 Å². The Morgan fingerprint density at radius 2 is 2.12 bits per heavy atom. The van der Waals surface area contributed by atoms with Gasteiger partial charge in [-0.2, -0.15) is 5.10 Å². The Morgan fingerprint density at radius 3 is 2.79 bits per heavy atom. The number of thiophene rings is 1. The first-order valence-electron chi connectivity index (χ1n) is 10.7. The molecule has 170 valence electrons. The number of para-hydroxylation sites is 1. The Balaban J connectivity index is 1.75. The lowest BCUT2D eigenvalue weighted by Gasteiger charge is -2.17. The molecule has 4 aromatic heterocycles. The van der Waals surface area contributed by atoms with Gasteiger partial charge in [0.2, 0.25) is 0 Å². The number of H-pyrrole nitrogens is 1. The van der Waals surface area contributed by atoms with Gasteiger partial charge in [0.05, 0.1) is 23.3 Å². The van der Waals surface area contributed by atoms with E-state index in [0.29, 0.717) is 16.9 Å². The standard InChI is InChI=1S/C25H23N7OS/c1-16(30-20(8-9-26)24-27-10-11-28-24)21-12-22-23(19(15-34-22)17-13-29-31(2)14-17)25(33)32(21)18-6-4-3-5-7-18/h3-16H,26H2,1-2H3,(H,27,28)/t16-/m0/s1. The van der Waals surface area contributed by atoms with Gasteiger partial charge in [-0.1, -0.05) is 18.2 Å². The second-order valence-corrected chi connectivity index (χ2v) is 8.74. The van der Waals surface area contributed by atoms with Crippen molar-refractivity contribution >= 4 is 27.1 Å². The number of hydrogen-bond donors (Lipinski definition) is 2. The van der Waals surface area contributed by atoms with Gasteiger partial charge in [0.15, 0.2) is 5.82 Å². The van der Waals surface area contributed by atoms with Gasteiger partial charge in [0, 0.05) is 52.5 Å². The largest absolute Gasteiger partial charge is 0.405 e. The third-order valence-electron chi connectivity index (χ3n) is 5.56. The van der Waals surface area contributed by atoms with Crippen molar-refractivity contribution in [1.82, 2.24) is 24.3 Å². The number of allylic oxidation sites excluding steroid dienone is 1. The van der Waals surface area contributed by atoms with E-state index >= 15 is 0 Å². The summed E-state index contributed by atoms with van der Waals surface area (Å²) in [5.74, 6) is 0.609. The number of nitrogens with one attached hydrogen (secondary N) is 1. The molecule has 8 nitrogen and oxygen atoms in total. The van der Waals surface area contributed by atoms with E-state index in [1.807, 2.05) is 61.9 Å². The molecule has 1 aromatic carbocycles. The molecule has 0 radical (unpaired) electrons. The minimum absolute atomic E-state index is 0.0882. The van der Waals surface area contributed by atoms with Gasteiger partial charge in [-0.05, 0) is 37.4 Å². The van der Waals surface area contributed by atoms with Crippen LogP contribution in [0.3, 0.4) is 0 Å². The average Bonchev–Trinajstić information content (AvgIpc) is 3.60. The summed E-state index contributed by atoms with van der Waals surface area (Å²) in [5.41, 5.74) is 9.54. The number of nitrogens with zero attached hydrogens (tertiary/aromatic N) is 5. The average molecular weight is 470 g/mol. The van der Waals surface area contributed by atoms with Gasteiger partial charge in [0.1, 0.15) is 5.71 Å². The monoisotopic (exact) mass is 469 g/mol. The molecule has 5 aromatic rings. The van der Waals surface area contributed by atoms with Gasteiger partial charge >= 0.3 is 0 Å². The zero-order chi connectivity index (χ0) is 23.7. The van der Waals surface area contributed by atoms with E-state index in [2.05, 4.69) is 15.1 Å². The minimum atomic E-state index is -0.349. The fourth-order valence-electron chi connectivity index (χ4n) is 4.01. The van der Waals surface area contributed by atoms with E-state index in [-0.39, 0.29) is 11.6 Å². The molecule has 0 amide bonds. The molecular formula is C25H23N7OS. The molecule has 0 fully saturated rings. The lowest BCUT2D eigenvalue weighted by atomic mass is 10.1. The SMILES string of the molecule is C[C@H](N=C(C=CN)c1ncc[nH]1)c1cc2scc(-c3cnn(C)c3)c2c(=O)n1-c1ccccc1. The molecule has 0 aliphatic heterocycles. The van der Waals surface area contributed by atoms with Gasteiger partial charge < -0.3 is 10.7 Å². The van der Waals surface area contributed by atoms with Crippen LogP contribution in [0.4, 0.5) is 0 Å². The van der Waals surface area contributed by atoms with E-state index in [9.17, 15) is 4.79 Å². The number of benzene rings is 1. The third-order valence-corrected chi connectivity index (χ3v) is 6.49. The van der Waals surface area contributed by atoms with Crippen LogP contribution in [0.15, 0.2) is 88.6 Å². The second kappa shape index (κ2) is 8.95. The number of fused-ring (bicyclic) bond motifs is 1. The van der Waals surface area contributed by atoms with E-state index < -0.39 is 0 Å². The van der Waals surface area contributed by atoms with Crippen LogP contribution >= 0.6 is 11.3 Å². The van der Waals surface area contributed by atoms with Crippen molar-refractivity contribution < 1.29 is 0 Å². The Labute approximate surface area is 199 Å². The minimum Gasteiger partial charge on any atom is -0.405 e. The first-order valence-corrected chi connectivity index (χ1v) is 11.6. The number of aromatic nitrogens is 5. The van der Waals surface area contributed by atoms with E-state index in [0.717, 1.165) is 27.2 Å². The fraction of sp³-hybridized carbons (Fsp3) is 0.120. The molecule has 1 atom stereocenters. The maximum atomic E-state index is 14.0. The Morgan fingerprint density at radius 1 is 1.29 bits per heavy atom. The highest BCUT2D eigenvalue weighted by atomic mass is 32.1. The van der Waals surface area contributed by atoms with Crippen LogP contribution in [0, 0.1) is 0 Å². The van der Waals surface area contributed by atoms with Crippen molar-refractivity contribution in [2.24, 2.45) is 17.8 Å². The van der Waals surface area contributed by atoms with Crippen LogP contribution in [-0.4, -0.2) is 30.0 Å². The Hall–Kier alpha value is -4.24. The molecule has 0 bridgehead atoms. The summed E-state index contributed by atoms with van der Waals surface area (Å²) in [6.45, 7) is 1.96. The van der Waals surface area contributed by atoms with Gasteiger partial charge in [-0.3, -0.25) is 19.0 Å². The number of hydrogen-bond acceptors (Lipinski definition) is 6. The molecule has 0 spiro atoms. The summed E-state index contributed by atoms with van der Waals surface area (Å²) < 4.78 is 4.39. The molecule has 34 heavy (non-hydrogen) atoms. The Bertz CT molecular complexity index is 1560. The normalized spacial score (nSPS) is 13.2. The Kier molecular flexibility index (Phi) is 5.69. The lowest BCUT2D eigenvalue weighted by molar-refractivity contribution is 0.737. The topological polar surface area (TPSA) is 107 Å². The van der Waals surface area contributed by atoms with Crippen LogP contribution in [0.1, 0.15) is 24.5 Å². The molecule has 3 N–H and O–H groups in total. The predicted molar refractivity (Wildman–Crippen MR) is 136 cm³/mol. The second-order valence-electron chi connectivity index (χ2n) is 7.82. The van der Waals surface area contributed by atoms with Crippen LogP contribution in [0.5, 0.6) is 0 Å². The van der Waals surface area contributed by atoms with Crippen molar-refractivity contribution in [2.75, 3.05) is 0 Å². The maximum Gasteiger partial charge on any atom is 0.264 e. The van der Waals surface area contributed by atoms with Crippen LogP contribution in [-0.2, 0) is 7.05 Å². The lowest BCUT2D eigenvalue weighted by Crippen LogP contribution is -2.23. The van der Waals surface area contributed by atoms with E-state index in [4.69, 9.17) is 10.7 Å². The zero-order valence-corrected chi connectivity index (χ0v) is 19.5. The summed E-state index contributed by atoms with van der Waals surface area (Å²) in [6.07, 6.45) is 10.2. The molecule has 0 unspecified atom stereocenters. The van der Waals surface area contributed by atoms with Gasteiger partial charge in [-0.25, -0.2) is 4.98 Å². The maximum absolute atomic E-state index is 14.0. The van der Waals surface area contributed by atoms with Gasteiger partial charge in [-0.15, -0.1) is 11.3 Å². The van der Waals surface area contributed by atoms with Crippen LogP contribution in [0.2, 0.25) is 0 Å². The molecule has 0 saturated heterocycles. The molecule has 5 rings (SSSR count). The highest BCUT2D eigenvalue weighted by Gasteiger charge is 2.20. The van der Waals surface area contributed by atoms with Crippen LogP contribution in [0.25, 0.3) is 26.9 Å². The number of aliphatic imine (C=N–C) groups is 1. The van der Waals surface area contributed by atoms with Crippen molar-refractivity contribution in [3.05, 3.63) is 101 Å². The first-order chi connectivity index (χ1) is 16.6. The van der Waals surface area contributed by atoms with Crippen LogP contribution < -0.4 is 11.3 Å². The van der Waals surface area contributed by atoms with Crippen molar-refractivity contribution in [2.45, 2.75) is 13.0 Å². The zero-order valence-electron chi connectivity index (χ0n) is 18.7. The summed E-state index contributed by atoms with van der Waals surface area (Å²) in [6, 6.07) is 11.3. The van der Waals surface area contributed by atoms with Gasteiger partial charge in [0.25, 0.3) is 5.56 Å². The summed E-state index contributed by atoms with van der Waals surface area (Å²) in [5, 5.41) is 6.97. The quantitative estimate of drug-likeness (QED) is 0.364. The number of imidazole rings is 1. The smallest absolute Gasteiger partial charge is 0.264 e. The number of pyridine rings is 1. The van der Waals surface area contributed by atoms with Crippen molar-refractivity contribution in [1.29, 1.82) is 0 Å². The number of aryl methyl sites for hydroxylation is 1. The molecule has 4 heterocycles.